The van der Waals surface area contributed by atoms with Gasteiger partial charge in [0.05, 0.1) is 5.58 Å². The number of benzene rings is 4. The molecule has 0 spiro atoms. The van der Waals surface area contributed by atoms with Crippen molar-refractivity contribution < 1.29 is 24.5 Å². The Morgan fingerprint density at radius 2 is 1.42 bits per heavy atom. The standard InChI is InChI=1S/C30H26N3O.C12H10N.Ir/c1-19(2)21-10-7-11-22(20(3)4)28(21)33-18-32(25-14-5-6-15-26(25)33)27-16-8-12-23-24-13-9-17-31-30(24)34-29(23)27;1-10-7-8-12(13-9-10)11-5-3-2-4-6-11;/h5-15,17,19-20H,1-4H3;2-5,7-9H,1H3;/q+1;-1;. The molecule has 7 aromatic rings. The minimum atomic E-state index is 0. The molecule has 8 rings (SSSR count). The molecule has 48 heavy (non-hydrogen) atoms. The molecule has 0 N–H and O–H groups in total. The van der Waals surface area contributed by atoms with Crippen LogP contribution in [0.4, 0.5) is 22.7 Å². The van der Waals surface area contributed by atoms with Crippen molar-refractivity contribution in [2.24, 2.45) is 0 Å². The van der Waals surface area contributed by atoms with Crippen LogP contribution in [0.5, 0.6) is 0 Å². The summed E-state index contributed by atoms with van der Waals surface area (Å²) in [5.41, 5.74) is 11.4. The van der Waals surface area contributed by atoms with E-state index in [1.807, 2.05) is 67.7 Å². The second kappa shape index (κ2) is 14.0. The van der Waals surface area contributed by atoms with Crippen LogP contribution in [-0.4, -0.2) is 16.0 Å². The van der Waals surface area contributed by atoms with Gasteiger partial charge in [0.2, 0.25) is 11.4 Å². The predicted molar refractivity (Wildman–Crippen MR) is 193 cm³/mol. The van der Waals surface area contributed by atoms with Crippen molar-refractivity contribution in [3.05, 3.63) is 144 Å². The number of furan rings is 1. The normalized spacial score (nSPS) is 12.0. The molecule has 6 heteroatoms. The number of hydrogen-bond donors (Lipinski definition) is 0. The van der Waals surface area contributed by atoms with E-state index in [4.69, 9.17) is 4.42 Å². The number of rotatable bonds is 5. The van der Waals surface area contributed by atoms with Gasteiger partial charge in [0.25, 0.3) is 11.4 Å². The van der Waals surface area contributed by atoms with Crippen molar-refractivity contribution in [1.29, 1.82) is 0 Å². The van der Waals surface area contributed by atoms with E-state index in [1.54, 1.807) is 6.20 Å². The van der Waals surface area contributed by atoms with Crippen LogP contribution in [0, 0.1) is 19.1 Å². The van der Waals surface area contributed by atoms with E-state index < -0.39 is 0 Å². The van der Waals surface area contributed by atoms with E-state index in [2.05, 4.69) is 113 Å². The first-order chi connectivity index (χ1) is 22.9. The maximum Gasteiger partial charge on any atom is 0.501 e. The smallest absolute Gasteiger partial charge is 0.495 e. The summed E-state index contributed by atoms with van der Waals surface area (Å²) in [4.78, 5) is 8.74. The molecule has 0 saturated carbocycles. The molecule has 3 aromatic heterocycles. The first kappa shape index (κ1) is 32.9. The zero-order valence-corrected chi connectivity index (χ0v) is 30.0. The Morgan fingerprint density at radius 3 is 2.08 bits per heavy atom. The maximum atomic E-state index is 6.23. The molecule has 1 aliphatic heterocycles. The Labute approximate surface area is 295 Å². The molecule has 0 atom stereocenters. The van der Waals surface area contributed by atoms with Crippen molar-refractivity contribution in [3.8, 4) is 11.3 Å². The second-order valence-electron chi connectivity index (χ2n) is 12.4. The zero-order chi connectivity index (χ0) is 32.5. The molecular weight excluding hydrogens is 769 g/mol. The van der Waals surface area contributed by atoms with E-state index in [-0.39, 0.29) is 20.1 Å². The number of hydrogen-bond acceptors (Lipinski definition) is 3. The molecule has 0 amide bonds. The molecule has 0 bridgehead atoms. The van der Waals surface area contributed by atoms with Crippen LogP contribution in [0.25, 0.3) is 33.3 Å². The third-order valence-electron chi connectivity index (χ3n) is 8.44. The maximum absolute atomic E-state index is 6.23. The number of nitrogens with zero attached hydrogens (tertiary/aromatic N) is 4. The van der Waals surface area contributed by atoms with E-state index >= 15 is 0 Å². The van der Waals surface area contributed by atoms with Crippen molar-refractivity contribution in [1.82, 2.24) is 19.1 Å². The van der Waals surface area contributed by atoms with Crippen LogP contribution in [0.2, 0.25) is 0 Å². The number of aromatic nitrogens is 2. The molecule has 5 nitrogen and oxygen atoms in total. The van der Waals surface area contributed by atoms with Crippen molar-refractivity contribution in [2.75, 3.05) is 0 Å². The van der Waals surface area contributed by atoms with Gasteiger partial charge in [0.1, 0.15) is 0 Å². The fourth-order valence-electron chi connectivity index (χ4n) is 6.07. The molecule has 239 valence electrons. The summed E-state index contributed by atoms with van der Waals surface area (Å²) in [6.07, 6.45) is 3.63. The largest absolute Gasteiger partial charge is 0.501 e. The summed E-state index contributed by atoms with van der Waals surface area (Å²) in [7, 11) is 0. The average molecular weight is 805 g/mol. The van der Waals surface area contributed by atoms with Gasteiger partial charge < -0.3 is 9.40 Å². The van der Waals surface area contributed by atoms with Gasteiger partial charge in [-0.2, -0.15) is 12.1 Å². The molecule has 0 aliphatic carbocycles. The van der Waals surface area contributed by atoms with Gasteiger partial charge in [-0.3, -0.25) is 0 Å². The Balaban J connectivity index is 0.000000241. The molecule has 4 aromatic carbocycles. The fraction of sp³-hybridized carbons (Fsp3) is 0.167. The Morgan fingerprint density at radius 1 is 0.688 bits per heavy atom. The van der Waals surface area contributed by atoms with Gasteiger partial charge in [0.15, 0.2) is 5.69 Å². The second-order valence-corrected chi connectivity index (χ2v) is 12.4. The third-order valence-corrected chi connectivity index (χ3v) is 8.44. The first-order valence-electron chi connectivity index (χ1n) is 16.1. The van der Waals surface area contributed by atoms with Crippen LogP contribution >= 0.6 is 0 Å². The topological polar surface area (TPSA) is 44.9 Å². The van der Waals surface area contributed by atoms with Crippen LogP contribution < -0.4 is 9.15 Å². The summed E-state index contributed by atoms with van der Waals surface area (Å²) in [5.74, 6) is 0.765. The van der Waals surface area contributed by atoms with Crippen LogP contribution in [0.15, 0.2) is 120 Å². The fourth-order valence-corrected chi connectivity index (χ4v) is 6.07. The van der Waals surface area contributed by atoms with Crippen LogP contribution in [0.1, 0.15) is 56.2 Å². The number of fused-ring (bicyclic) bond motifs is 4. The monoisotopic (exact) mass is 805 g/mol. The summed E-state index contributed by atoms with van der Waals surface area (Å²) in [5, 5.41) is 2.03. The molecule has 4 heterocycles. The van der Waals surface area contributed by atoms with E-state index in [0.717, 1.165) is 44.7 Å². The summed E-state index contributed by atoms with van der Waals surface area (Å²) < 4.78 is 10.5. The van der Waals surface area contributed by atoms with Crippen molar-refractivity contribution in [3.63, 3.8) is 0 Å². The van der Waals surface area contributed by atoms with Crippen molar-refractivity contribution in [2.45, 2.75) is 46.5 Å². The Bertz CT molecular complexity index is 2270. The summed E-state index contributed by atoms with van der Waals surface area (Å²) in [6, 6.07) is 45.2. The van der Waals surface area contributed by atoms with Crippen LogP contribution in [-0.2, 0) is 20.1 Å². The SMILES string of the molecule is CC(C)c1cccc(C(C)C)c1[N+]1=C=[N+](c2[c-]ccc3c2oc2ncccc23)c2ccccc21.Cc1ccc(-c2[c-]cccc2)nc1.[Ir]. The summed E-state index contributed by atoms with van der Waals surface area (Å²) in [6.45, 7) is 11.0. The average Bonchev–Trinajstić information content (AvgIpc) is 3.68. The first-order valence-corrected chi connectivity index (χ1v) is 16.1. The van der Waals surface area contributed by atoms with E-state index in [9.17, 15) is 0 Å². The number of para-hydroxylation sites is 3. The molecule has 0 unspecified atom stereocenters. The van der Waals surface area contributed by atoms with E-state index in [0.29, 0.717) is 17.5 Å². The minimum Gasteiger partial charge on any atom is -0.495 e. The van der Waals surface area contributed by atoms with E-state index in [1.165, 1.54) is 22.4 Å². The number of pyridine rings is 2. The quantitative estimate of drug-likeness (QED) is 0.129. The molecule has 0 saturated heterocycles. The van der Waals surface area contributed by atoms with Gasteiger partial charge in [-0.05, 0) is 46.7 Å². The molecule has 1 aliphatic rings. The minimum absolute atomic E-state index is 0. The van der Waals surface area contributed by atoms with Crippen LogP contribution in [0.3, 0.4) is 0 Å². The van der Waals surface area contributed by atoms with Crippen molar-refractivity contribution >= 4 is 50.8 Å². The predicted octanol–water partition coefficient (Wildman–Crippen LogP) is 10.7. The van der Waals surface area contributed by atoms with Gasteiger partial charge in [-0.25, -0.2) is 4.98 Å². The third kappa shape index (κ3) is 6.19. The number of aryl methyl sites for hydroxylation is 1. The van der Waals surface area contributed by atoms with Gasteiger partial charge in [0, 0.05) is 61.1 Å². The molecule has 1 radical (unpaired) electrons. The molecular formula is C42H36IrN4O. The Hall–Kier alpha value is -4.99. The van der Waals surface area contributed by atoms with Gasteiger partial charge in [-0.1, -0.05) is 80.1 Å². The Kier molecular flexibility index (Phi) is 9.61. The molecule has 0 fully saturated rings. The van der Waals surface area contributed by atoms with Gasteiger partial charge >= 0.3 is 6.01 Å². The van der Waals surface area contributed by atoms with Gasteiger partial charge in [-0.15, -0.1) is 42.0 Å². The zero-order valence-electron chi connectivity index (χ0n) is 27.7. The summed E-state index contributed by atoms with van der Waals surface area (Å²) >= 11 is 0.